The molecule has 0 atom stereocenters. The van der Waals surface area contributed by atoms with Crippen molar-refractivity contribution in [2.45, 2.75) is 16.3 Å². The van der Waals surface area contributed by atoms with Crippen LogP contribution in [-0.2, 0) is 4.79 Å². The van der Waals surface area contributed by atoms with E-state index < -0.39 is 0 Å². The lowest BCUT2D eigenvalue weighted by Gasteiger charge is -2.22. The van der Waals surface area contributed by atoms with Gasteiger partial charge in [-0.1, -0.05) is 23.9 Å². The number of hydrogen-bond acceptors (Lipinski definition) is 6. The summed E-state index contributed by atoms with van der Waals surface area (Å²) in [6, 6.07) is 16.4. The van der Waals surface area contributed by atoms with Crippen molar-refractivity contribution in [2.24, 2.45) is 0 Å². The Morgan fingerprint density at radius 1 is 1.10 bits per heavy atom. The Morgan fingerprint density at radius 3 is 2.90 bits per heavy atom. The molecule has 0 unspecified atom stereocenters. The van der Waals surface area contributed by atoms with Crippen molar-refractivity contribution in [3.05, 3.63) is 66.4 Å². The average molecular weight is 419 g/mol. The van der Waals surface area contributed by atoms with Crippen LogP contribution >= 0.6 is 11.8 Å². The number of carbonyl (C=O) groups excluding carboxylic acids is 2. The first-order valence-corrected chi connectivity index (χ1v) is 10.2. The van der Waals surface area contributed by atoms with Crippen molar-refractivity contribution < 1.29 is 19.1 Å². The highest BCUT2D eigenvalue weighted by atomic mass is 32.2. The predicted octanol–water partition coefficient (Wildman–Crippen LogP) is 3.95. The molecule has 1 N–H and O–H groups in total. The standard InChI is InChI=1S/C22H17N3O4S/c26-20(24-14-7-8-17-18(12-14)29-13-28-17)9-11-25-16-5-1-2-6-19(16)30-21-15(22(25)27)4-3-10-23-21/h1-8,10,12H,9,11,13H2,(H,24,26). The van der Waals surface area contributed by atoms with Crippen LogP contribution in [0.4, 0.5) is 11.4 Å². The largest absolute Gasteiger partial charge is 0.454 e. The van der Waals surface area contributed by atoms with Crippen LogP contribution < -0.4 is 19.7 Å². The van der Waals surface area contributed by atoms with Crippen LogP contribution in [-0.4, -0.2) is 30.1 Å². The molecule has 2 aromatic carbocycles. The molecule has 0 aliphatic carbocycles. The summed E-state index contributed by atoms with van der Waals surface area (Å²) in [4.78, 5) is 32.7. The fourth-order valence-electron chi connectivity index (χ4n) is 3.39. The highest BCUT2D eigenvalue weighted by Crippen LogP contribution is 2.40. The number of pyridine rings is 1. The Kier molecular flexibility index (Phi) is 4.76. The molecule has 0 radical (unpaired) electrons. The number of ether oxygens (including phenoxy) is 2. The molecule has 0 spiro atoms. The lowest BCUT2D eigenvalue weighted by molar-refractivity contribution is -0.116. The van der Waals surface area contributed by atoms with Gasteiger partial charge in [0.05, 0.1) is 11.3 Å². The zero-order valence-corrected chi connectivity index (χ0v) is 16.6. The van der Waals surface area contributed by atoms with Gasteiger partial charge >= 0.3 is 0 Å². The normalized spacial score (nSPS) is 14.0. The number of amides is 2. The molecule has 8 heteroatoms. The molecule has 2 amide bonds. The molecular formula is C22H17N3O4S. The first-order chi connectivity index (χ1) is 14.7. The van der Waals surface area contributed by atoms with Gasteiger partial charge in [-0.3, -0.25) is 9.59 Å². The van der Waals surface area contributed by atoms with E-state index in [0.29, 0.717) is 27.8 Å². The fourth-order valence-corrected chi connectivity index (χ4v) is 4.41. The summed E-state index contributed by atoms with van der Waals surface area (Å²) in [6.07, 6.45) is 1.82. The van der Waals surface area contributed by atoms with Crippen LogP contribution in [0.3, 0.4) is 0 Å². The van der Waals surface area contributed by atoms with Crippen molar-refractivity contribution in [2.75, 3.05) is 23.6 Å². The molecule has 2 aliphatic heterocycles. The first-order valence-electron chi connectivity index (χ1n) is 9.42. The third-order valence-electron chi connectivity index (χ3n) is 4.83. The highest BCUT2D eigenvalue weighted by molar-refractivity contribution is 7.99. The van der Waals surface area contributed by atoms with Gasteiger partial charge in [0.1, 0.15) is 5.03 Å². The summed E-state index contributed by atoms with van der Waals surface area (Å²) in [5.41, 5.74) is 1.94. The van der Waals surface area contributed by atoms with E-state index in [0.717, 1.165) is 10.6 Å². The quantitative estimate of drug-likeness (QED) is 0.690. The summed E-state index contributed by atoms with van der Waals surface area (Å²) in [6.45, 7) is 0.429. The minimum atomic E-state index is -0.192. The second kappa shape index (κ2) is 7.72. The van der Waals surface area contributed by atoms with Gasteiger partial charge in [-0.25, -0.2) is 4.98 Å². The minimum Gasteiger partial charge on any atom is -0.454 e. The molecule has 30 heavy (non-hydrogen) atoms. The number of benzene rings is 2. The Morgan fingerprint density at radius 2 is 1.97 bits per heavy atom. The third-order valence-corrected chi connectivity index (χ3v) is 5.91. The van der Waals surface area contributed by atoms with Gasteiger partial charge in [-0.05, 0) is 36.4 Å². The van der Waals surface area contributed by atoms with E-state index in [1.807, 2.05) is 24.3 Å². The number of hydrogen-bond donors (Lipinski definition) is 1. The van der Waals surface area contributed by atoms with Gasteiger partial charge < -0.3 is 19.7 Å². The number of carbonyl (C=O) groups is 2. The second-order valence-electron chi connectivity index (χ2n) is 6.75. The van der Waals surface area contributed by atoms with E-state index in [1.54, 1.807) is 41.4 Å². The topological polar surface area (TPSA) is 80.8 Å². The maximum Gasteiger partial charge on any atom is 0.261 e. The lowest BCUT2D eigenvalue weighted by atomic mass is 10.2. The predicted molar refractivity (Wildman–Crippen MR) is 112 cm³/mol. The van der Waals surface area contributed by atoms with E-state index in [9.17, 15) is 9.59 Å². The van der Waals surface area contributed by atoms with Crippen molar-refractivity contribution >= 4 is 35.0 Å². The fraction of sp³-hybridized carbons (Fsp3) is 0.136. The number of nitrogens with one attached hydrogen (secondary N) is 1. The van der Waals surface area contributed by atoms with Gasteiger partial charge in [0.25, 0.3) is 5.91 Å². The number of fused-ring (bicyclic) bond motifs is 3. The molecule has 3 aromatic rings. The molecule has 7 nitrogen and oxygen atoms in total. The molecule has 0 saturated carbocycles. The van der Waals surface area contributed by atoms with E-state index in [1.165, 1.54) is 11.8 Å². The highest BCUT2D eigenvalue weighted by Gasteiger charge is 2.28. The Bertz CT molecular complexity index is 1150. The maximum absolute atomic E-state index is 13.2. The Balaban J connectivity index is 1.34. The van der Waals surface area contributed by atoms with Crippen LogP contribution in [0.25, 0.3) is 0 Å². The summed E-state index contributed by atoms with van der Waals surface area (Å²) in [7, 11) is 0. The first kappa shape index (κ1) is 18.5. The van der Waals surface area contributed by atoms with E-state index in [2.05, 4.69) is 10.3 Å². The van der Waals surface area contributed by atoms with Crippen LogP contribution in [0.5, 0.6) is 11.5 Å². The second-order valence-corrected chi connectivity index (χ2v) is 7.78. The van der Waals surface area contributed by atoms with Gasteiger partial charge in [-0.15, -0.1) is 0 Å². The van der Waals surface area contributed by atoms with Gasteiger partial charge in [0.2, 0.25) is 12.7 Å². The van der Waals surface area contributed by atoms with Crippen LogP contribution in [0.2, 0.25) is 0 Å². The summed E-state index contributed by atoms with van der Waals surface area (Å²) in [5, 5.41) is 3.52. The zero-order valence-electron chi connectivity index (χ0n) is 15.8. The van der Waals surface area contributed by atoms with Crippen LogP contribution in [0.15, 0.2) is 70.7 Å². The van der Waals surface area contributed by atoms with E-state index >= 15 is 0 Å². The molecule has 1 aromatic heterocycles. The molecule has 0 bridgehead atoms. The lowest BCUT2D eigenvalue weighted by Crippen LogP contribution is -2.33. The third kappa shape index (κ3) is 3.46. The van der Waals surface area contributed by atoms with Crippen molar-refractivity contribution in [3.63, 3.8) is 0 Å². The van der Waals surface area contributed by atoms with Crippen LogP contribution in [0, 0.1) is 0 Å². The van der Waals surface area contributed by atoms with Crippen molar-refractivity contribution in [1.82, 2.24) is 4.98 Å². The zero-order chi connectivity index (χ0) is 20.5. The molecule has 150 valence electrons. The molecule has 5 rings (SSSR count). The monoisotopic (exact) mass is 419 g/mol. The van der Waals surface area contributed by atoms with Crippen molar-refractivity contribution in [1.29, 1.82) is 0 Å². The average Bonchev–Trinajstić information content (AvgIpc) is 3.18. The minimum absolute atomic E-state index is 0.148. The maximum atomic E-state index is 13.2. The number of anilines is 2. The number of aromatic nitrogens is 1. The van der Waals surface area contributed by atoms with Gasteiger partial charge in [0.15, 0.2) is 11.5 Å². The molecular weight excluding hydrogens is 402 g/mol. The molecule has 0 saturated heterocycles. The number of para-hydroxylation sites is 1. The van der Waals surface area contributed by atoms with Crippen LogP contribution in [0.1, 0.15) is 16.8 Å². The molecule has 2 aliphatic rings. The SMILES string of the molecule is O=C(CCN1C(=O)c2cccnc2Sc2ccccc21)Nc1ccc2c(c1)OCO2. The van der Waals surface area contributed by atoms with E-state index in [-0.39, 0.29) is 31.6 Å². The summed E-state index contributed by atoms with van der Waals surface area (Å²) >= 11 is 1.46. The number of nitrogens with zero attached hydrogens (tertiary/aromatic N) is 2. The van der Waals surface area contributed by atoms with Crippen molar-refractivity contribution in [3.8, 4) is 11.5 Å². The Labute approximate surface area is 177 Å². The van der Waals surface area contributed by atoms with E-state index in [4.69, 9.17) is 9.47 Å². The summed E-state index contributed by atoms with van der Waals surface area (Å²) < 4.78 is 10.6. The Hall–Kier alpha value is -3.52. The molecule has 0 fully saturated rings. The van der Waals surface area contributed by atoms with Gasteiger partial charge in [0, 0.05) is 35.8 Å². The number of rotatable bonds is 4. The molecule has 3 heterocycles. The summed E-state index contributed by atoms with van der Waals surface area (Å²) in [5.74, 6) is 0.906. The van der Waals surface area contributed by atoms with Gasteiger partial charge in [-0.2, -0.15) is 0 Å². The smallest absolute Gasteiger partial charge is 0.261 e.